The summed E-state index contributed by atoms with van der Waals surface area (Å²) >= 11 is 0. The van der Waals surface area contributed by atoms with Crippen LogP contribution in [0.25, 0.3) is 0 Å². The Morgan fingerprint density at radius 3 is 2.26 bits per heavy atom. The average molecular weight is 379 g/mol. The first kappa shape index (κ1) is 18.8. The van der Waals surface area contributed by atoms with Gasteiger partial charge in [-0.15, -0.1) is 0 Å². The van der Waals surface area contributed by atoms with Gasteiger partial charge in [0, 0.05) is 18.7 Å². The second-order valence-corrected chi connectivity index (χ2v) is 5.95. The standard InChI is InChI=1S/C19H16F3NO4/c1-26-18(25)12-2-6-14(7-3-12)23-11-10-16(17(23)24)27-15-8-4-13(5-9-15)19(20,21)22/h2-9,16H,10-11H2,1H3/t16-/m1/s1. The van der Waals surface area contributed by atoms with Crippen LogP contribution in [0.4, 0.5) is 18.9 Å². The van der Waals surface area contributed by atoms with Gasteiger partial charge in [0.25, 0.3) is 5.91 Å². The summed E-state index contributed by atoms with van der Waals surface area (Å²) in [5.74, 6) is -0.567. The van der Waals surface area contributed by atoms with Crippen molar-refractivity contribution in [3.05, 3.63) is 59.7 Å². The summed E-state index contributed by atoms with van der Waals surface area (Å²) in [5.41, 5.74) is 0.191. The zero-order valence-corrected chi connectivity index (χ0v) is 14.3. The lowest BCUT2D eigenvalue weighted by Gasteiger charge is -2.18. The predicted molar refractivity (Wildman–Crippen MR) is 90.6 cm³/mol. The Bertz CT molecular complexity index is 832. The van der Waals surface area contributed by atoms with Crippen LogP contribution in [0.15, 0.2) is 48.5 Å². The van der Waals surface area contributed by atoms with E-state index in [0.717, 1.165) is 12.1 Å². The van der Waals surface area contributed by atoms with Gasteiger partial charge < -0.3 is 14.4 Å². The highest BCUT2D eigenvalue weighted by Gasteiger charge is 2.35. The first-order chi connectivity index (χ1) is 12.8. The lowest BCUT2D eigenvalue weighted by molar-refractivity contribution is -0.137. The van der Waals surface area contributed by atoms with E-state index in [2.05, 4.69) is 4.74 Å². The number of carbonyl (C=O) groups is 2. The number of carbonyl (C=O) groups excluding carboxylic acids is 2. The van der Waals surface area contributed by atoms with Gasteiger partial charge in [0.1, 0.15) is 5.75 Å². The number of alkyl halides is 3. The van der Waals surface area contributed by atoms with Crippen LogP contribution >= 0.6 is 0 Å². The molecule has 142 valence electrons. The Morgan fingerprint density at radius 2 is 1.70 bits per heavy atom. The monoisotopic (exact) mass is 379 g/mol. The zero-order valence-electron chi connectivity index (χ0n) is 14.3. The average Bonchev–Trinajstić information content (AvgIpc) is 3.01. The molecule has 27 heavy (non-hydrogen) atoms. The second kappa shape index (κ2) is 7.30. The Morgan fingerprint density at radius 1 is 1.07 bits per heavy atom. The van der Waals surface area contributed by atoms with Gasteiger partial charge in [-0.2, -0.15) is 13.2 Å². The molecule has 3 rings (SSSR count). The van der Waals surface area contributed by atoms with Crippen LogP contribution < -0.4 is 9.64 Å². The number of halogens is 3. The molecule has 0 bridgehead atoms. The fraction of sp³-hybridized carbons (Fsp3) is 0.263. The SMILES string of the molecule is COC(=O)c1ccc(N2CC[C@@H](Oc3ccc(C(F)(F)F)cc3)C2=O)cc1. The molecule has 2 aromatic rings. The van der Waals surface area contributed by atoms with Crippen molar-refractivity contribution in [1.82, 2.24) is 0 Å². The van der Waals surface area contributed by atoms with Crippen LogP contribution in [0.1, 0.15) is 22.3 Å². The van der Waals surface area contributed by atoms with E-state index in [4.69, 9.17) is 4.74 Å². The summed E-state index contributed by atoms with van der Waals surface area (Å²) in [6.07, 6.45) is -4.80. The molecule has 0 aromatic heterocycles. The molecule has 2 aromatic carbocycles. The quantitative estimate of drug-likeness (QED) is 0.761. The predicted octanol–water partition coefficient (Wildman–Crippen LogP) is 3.68. The van der Waals surface area contributed by atoms with Crippen molar-refractivity contribution in [2.24, 2.45) is 0 Å². The van der Waals surface area contributed by atoms with Crippen molar-refractivity contribution >= 4 is 17.6 Å². The van der Waals surface area contributed by atoms with Gasteiger partial charge in [-0.25, -0.2) is 4.79 Å². The topological polar surface area (TPSA) is 55.8 Å². The van der Waals surface area contributed by atoms with Crippen molar-refractivity contribution in [2.75, 3.05) is 18.6 Å². The maximum absolute atomic E-state index is 12.6. The van der Waals surface area contributed by atoms with Crippen LogP contribution in [0.5, 0.6) is 5.75 Å². The second-order valence-electron chi connectivity index (χ2n) is 5.95. The first-order valence-electron chi connectivity index (χ1n) is 8.13. The zero-order chi connectivity index (χ0) is 19.6. The highest BCUT2D eigenvalue weighted by Crippen LogP contribution is 2.31. The molecule has 1 amide bonds. The molecule has 0 unspecified atom stereocenters. The molecule has 0 spiro atoms. The van der Waals surface area contributed by atoms with Crippen LogP contribution in [0.2, 0.25) is 0 Å². The van der Waals surface area contributed by atoms with E-state index in [0.29, 0.717) is 24.2 Å². The minimum atomic E-state index is -4.42. The van der Waals surface area contributed by atoms with E-state index in [1.165, 1.54) is 24.1 Å². The van der Waals surface area contributed by atoms with Crippen molar-refractivity contribution < 1.29 is 32.2 Å². The number of amides is 1. The minimum absolute atomic E-state index is 0.198. The molecule has 1 heterocycles. The summed E-state index contributed by atoms with van der Waals surface area (Å²) in [4.78, 5) is 25.5. The largest absolute Gasteiger partial charge is 0.481 e. The third-order valence-corrected chi connectivity index (χ3v) is 4.22. The van der Waals surface area contributed by atoms with Gasteiger partial charge in [-0.05, 0) is 48.5 Å². The number of hydrogen-bond donors (Lipinski definition) is 0. The van der Waals surface area contributed by atoms with Gasteiger partial charge >= 0.3 is 12.1 Å². The molecule has 1 fully saturated rings. The Labute approximate surface area is 153 Å². The molecule has 1 aliphatic heterocycles. The van der Waals surface area contributed by atoms with Gasteiger partial charge in [0.2, 0.25) is 0 Å². The maximum Gasteiger partial charge on any atom is 0.416 e. The van der Waals surface area contributed by atoms with E-state index in [1.54, 1.807) is 24.3 Å². The van der Waals surface area contributed by atoms with Gasteiger partial charge in [0.15, 0.2) is 6.10 Å². The molecular formula is C19H16F3NO4. The summed E-state index contributed by atoms with van der Waals surface area (Å²) in [6, 6.07) is 10.6. The van der Waals surface area contributed by atoms with Crippen molar-refractivity contribution in [1.29, 1.82) is 0 Å². The number of anilines is 1. The fourth-order valence-corrected chi connectivity index (χ4v) is 2.80. The molecule has 5 nitrogen and oxygen atoms in total. The fourth-order valence-electron chi connectivity index (χ4n) is 2.80. The van der Waals surface area contributed by atoms with Gasteiger partial charge in [-0.3, -0.25) is 4.79 Å². The van der Waals surface area contributed by atoms with Crippen molar-refractivity contribution in [3.63, 3.8) is 0 Å². The van der Waals surface area contributed by atoms with E-state index in [9.17, 15) is 22.8 Å². The van der Waals surface area contributed by atoms with Crippen molar-refractivity contribution in [3.8, 4) is 5.75 Å². The Kier molecular flexibility index (Phi) is 5.07. The summed E-state index contributed by atoms with van der Waals surface area (Å²) in [6.45, 7) is 0.404. The molecular weight excluding hydrogens is 363 g/mol. The molecule has 8 heteroatoms. The van der Waals surface area contributed by atoms with E-state index >= 15 is 0 Å². The molecule has 1 saturated heterocycles. The van der Waals surface area contributed by atoms with Crippen LogP contribution in [0.3, 0.4) is 0 Å². The third kappa shape index (κ3) is 4.05. The van der Waals surface area contributed by atoms with E-state index in [-0.39, 0.29) is 11.7 Å². The molecule has 0 radical (unpaired) electrons. The lowest BCUT2D eigenvalue weighted by atomic mass is 10.2. The number of nitrogens with zero attached hydrogens (tertiary/aromatic N) is 1. The summed E-state index contributed by atoms with van der Waals surface area (Å²) < 4.78 is 48.0. The smallest absolute Gasteiger partial charge is 0.416 e. The number of rotatable bonds is 4. The number of esters is 1. The molecule has 1 atom stereocenters. The molecule has 0 N–H and O–H groups in total. The number of ether oxygens (including phenoxy) is 2. The lowest BCUT2D eigenvalue weighted by Crippen LogP contribution is -2.32. The highest BCUT2D eigenvalue weighted by atomic mass is 19.4. The van der Waals surface area contributed by atoms with Crippen molar-refractivity contribution in [2.45, 2.75) is 18.7 Å². The molecule has 1 aliphatic rings. The highest BCUT2D eigenvalue weighted by molar-refractivity contribution is 5.99. The number of hydrogen-bond acceptors (Lipinski definition) is 4. The van der Waals surface area contributed by atoms with Gasteiger partial charge in [-0.1, -0.05) is 0 Å². The normalized spacial score (nSPS) is 17.1. The third-order valence-electron chi connectivity index (χ3n) is 4.22. The number of benzene rings is 2. The maximum atomic E-state index is 12.6. The van der Waals surface area contributed by atoms with E-state index < -0.39 is 23.8 Å². The van der Waals surface area contributed by atoms with Crippen LogP contribution in [0, 0.1) is 0 Å². The van der Waals surface area contributed by atoms with Gasteiger partial charge in [0.05, 0.1) is 18.2 Å². The summed E-state index contributed by atoms with van der Waals surface area (Å²) in [7, 11) is 1.28. The minimum Gasteiger partial charge on any atom is -0.481 e. The van der Waals surface area contributed by atoms with Crippen LogP contribution in [-0.4, -0.2) is 31.6 Å². The van der Waals surface area contributed by atoms with Crippen LogP contribution in [-0.2, 0) is 15.7 Å². The molecule has 0 aliphatic carbocycles. The summed E-state index contributed by atoms with van der Waals surface area (Å²) in [5, 5.41) is 0. The van der Waals surface area contributed by atoms with E-state index in [1.807, 2.05) is 0 Å². The Balaban J connectivity index is 1.67. The Hall–Kier alpha value is -3.03. The molecule has 0 saturated carbocycles. The number of methoxy groups -OCH3 is 1. The first-order valence-corrected chi connectivity index (χ1v) is 8.13.